The fourth-order valence-corrected chi connectivity index (χ4v) is 2.45. The molecule has 4 nitrogen and oxygen atoms in total. The van der Waals surface area contributed by atoms with Crippen molar-refractivity contribution >= 4 is 17.4 Å². The Balaban J connectivity index is 1.64. The summed E-state index contributed by atoms with van der Waals surface area (Å²) in [6.07, 6.45) is 1.35. The number of carbonyl (C=O) groups excluding carboxylic acids is 1. The van der Waals surface area contributed by atoms with E-state index < -0.39 is 23.2 Å². The van der Waals surface area contributed by atoms with Crippen LogP contribution < -0.4 is 10.6 Å². The van der Waals surface area contributed by atoms with E-state index in [0.717, 1.165) is 17.7 Å². The lowest BCUT2D eigenvalue weighted by Crippen LogP contribution is -2.14. The highest BCUT2D eigenvalue weighted by Crippen LogP contribution is 2.19. The van der Waals surface area contributed by atoms with Gasteiger partial charge in [0.1, 0.15) is 23.1 Å². The highest BCUT2D eigenvalue weighted by Gasteiger charge is 2.13. The van der Waals surface area contributed by atoms with Crippen molar-refractivity contribution in [2.24, 2.45) is 0 Å². The van der Waals surface area contributed by atoms with Gasteiger partial charge < -0.3 is 10.6 Å². The minimum absolute atomic E-state index is 0.203. The van der Waals surface area contributed by atoms with E-state index in [9.17, 15) is 13.6 Å². The molecule has 0 aliphatic carbocycles. The summed E-state index contributed by atoms with van der Waals surface area (Å²) in [6.45, 7) is 2.62. The van der Waals surface area contributed by atoms with Gasteiger partial charge in [0.15, 0.2) is 0 Å². The molecule has 132 valence electrons. The smallest absolute Gasteiger partial charge is 0.257 e. The number of amides is 1. The molecule has 6 heteroatoms. The number of nitrogens with one attached hydrogen (secondary N) is 2. The summed E-state index contributed by atoms with van der Waals surface area (Å²) in [7, 11) is 0. The van der Waals surface area contributed by atoms with Gasteiger partial charge in [-0.2, -0.15) is 0 Å². The van der Waals surface area contributed by atoms with Gasteiger partial charge in [-0.05, 0) is 36.8 Å². The lowest BCUT2D eigenvalue weighted by Gasteiger charge is -2.09. The van der Waals surface area contributed by atoms with Crippen molar-refractivity contribution in [1.82, 2.24) is 4.98 Å². The molecule has 1 amide bonds. The zero-order valence-electron chi connectivity index (χ0n) is 14.1. The summed E-state index contributed by atoms with van der Waals surface area (Å²) in [5.74, 6) is -1.70. The number of aryl methyl sites for hydroxylation is 1. The lowest BCUT2D eigenvalue weighted by atomic mass is 10.1. The predicted molar refractivity (Wildman–Crippen MR) is 97.1 cm³/mol. The van der Waals surface area contributed by atoms with Crippen LogP contribution in [0.4, 0.5) is 20.3 Å². The first-order valence-electron chi connectivity index (χ1n) is 8.04. The highest BCUT2D eigenvalue weighted by molar-refractivity contribution is 6.04. The molecule has 26 heavy (non-hydrogen) atoms. The molecule has 1 aromatic heterocycles. The molecule has 0 saturated heterocycles. The first kappa shape index (κ1) is 17.5. The largest absolute Gasteiger partial charge is 0.366 e. The van der Waals surface area contributed by atoms with Gasteiger partial charge >= 0.3 is 0 Å². The van der Waals surface area contributed by atoms with Gasteiger partial charge in [0.2, 0.25) is 0 Å². The van der Waals surface area contributed by atoms with E-state index >= 15 is 0 Å². The first-order valence-corrected chi connectivity index (χ1v) is 8.04. The Morgan fingerprint density at radius 2 is 1.77 bits per heavy atom. The predicted octanol–water partition coefficient (Wildman–Crippen LogP) is 4.53. The van der Waals surface area contributed by atoms with Crippen LogP contribution in [0, 0.1) is 18.6 Å². The molecule has 2 N–H and O–H groups in total. The lowest BCUT2D eigenvalue weighted by molar-refractivity contribution is 0.102. The Bertz CT molecular complexity index is 906. The van der Waals surface area contributed by atoms with Crippen molar-refractivity contribution in [3.05, 3.63) is 89.1 Å². The van der Waals surface area contributed by atoms with Gasteiger partial charge in [-0.3, -0.25) is 4.79 Å². The monoisotopic (exact) mass is 353 g/mol. The summed E-state index contributed by atoms with van der Waals surface area (Å²) >= 11 is 0. The Hall–Kier alpha value is -3.28. The molecule has 3 rings (SSSR count). The quantitative estimate of drug-likeness (QED) is 0.708. The van der Waals surface area contributed by atoms with Crippen LogP contribution >= 0.6 is 0 Å². The number of aromatic nitrogens is 1. The molecule has 0 aliphatic rings. The van der Waals surface area contributed by atoms with E-state index in [0.29, 0.717) is 12.4 Å². The van der Waals surface area contributed by atoms with Gasteiger partial charge in [-0.1, -0.05) is 35.9 Å². The maximum absolute atomic E-state index is 13.6. The summed E-state index contributed by atoms with van der Waals surface area (Å²) in [6, 6.07) is 14.6. The standard InChI is InChI=1S/C20H17F2N3O/c1-13-4-2-5-14(10-13)11-23-18-9-8-15(12-24-18)20(26)25-19-16(21)6-3-7-17(19)22/h2-10,12H,11H2,1H3,(H,23,24)(H,25,26). The Morgan fingerprint density at radius 3 is 2.42 bits per heavy atom. The van der Waals surface area contributed by atoms with Crippen LogP contribution in [-0.4, -0.2) is 10.9 Å². The number of benzene rings is 2. The van der Waals surface area contributed by atoms with Gasteiger partial charge in [0.25, 0.3) is 5.91 Å². The maximum atomic E-state index is 13.6. The second-order valence-electron chi connectivity index (χ2n) is 5.83. The van der Waals surface area contributed by atoms with Crippen LogP contribution in [-0.2, 0) is 6.54 Å². The third kappa shape index (κ3) is 4.22. The third-order valence-corrected chi connectivity index (χ3v) is 3.78. The third-order valence-electron chi connectivity index (χ3n) is 3.78. The van der Waals surface area contributed by atoms with Crippen molar-refractivity contribution in [3.8, 4) is 0 Å². The van der Waals surface area contributed by atoms with Crippen molar-refractivity contribution in [2.45, 2.75) is 13.5 Å². The summed E-state index contributed by atoms with van der Waals surface area (Å²) in [4.78, 5) is 16.3. The van der Waals surface area contributed by atoms with E-state index in [1.165, 1.54) is 17.8 Å². The molecule has 0 unspecified atom stereocenters. The SMILES string of the molecule is Cc1cccc(CNc2ccc(C(=O)Nc3c(F)cccc3F)cn2)c1. The highest BCUT2D eigenvalue weighted by atomic mass is 19.1. The van der Waals surface area contributed by atoms with Crippen LogP contribution in [0.25, 0.3) is 0 Å². The van der Waals surface area contributed by atoms with E-state index in [2.05, 4.69) is 21.7 Å². The van der Waals surface area contributed by atoms with Gasteiger partial charge in [0.05, 0.1) is 5.56 Å². The zero-order chi connectivity index (χ0) is 18.5. The van der Waals surface area contributed by atoms with Crippen LogP contribution in [0.1, 0.15) is 21.5 Å². The number of halogens is 2. The van der Waals surface area contributed by atoms with Crippen molar-refractivity contribution in [2.75, 3.05) is 10.6 Å². The minimum atomic E-state index is -0.831. The van der Waals surface area contributed by atoms with Crippen LogP contribution in [0.2, 0.25) is 0 Å². The molecule has 0 radical (unpaired) electrons. The van der Waals surface area contributed by atoms with Gasteiger partial charge in [-0.25, -0.2) is 13.8 Å². The summed E-state index contributed by atoms with van der Waals surface area (Å²) < 4.78 is 27.2. The average Bonchev–Trinajstić information content (AvgIpc) is 2.63. The Kier molecular flexibility index (Phi) is 5.22. The summed E-state index contributed by atoms with van der Waals surface area (Å²) in [5.41, 5.74) is 2.02. The first-order chi connectivity index (χ1) is 12.5. The van der Waals surface area contributed by atoms with Crippen LogP contribution in [0.15, 0.2) is 60.8 Å². The molecule has 0 aliphatic heterocycles. The molecule has 0 atom stereocenters. The zero-order valence-corrected chi connectivity index (χ0v) is 14.1. The van der Waals surface area contributed by atoms with Gasteiger partial charge in [0, 0.05) is 12.7 Å². The van der Waals surface area contributed by atoms with E-state index in [1.807, 2.05) is 25.1 Å². The second kappa shape index (κ2) is 7.74. The molecule has 0 saturated carbocycles. The van der Waals surface area contributed by atoms with Crippen LogP contribution in [0.3, 0.4) is 0 Å². The number of carbonyl (C=O) groups is 1. The van der Waals surface area contributed by atoms with Crippen molar-refractivity contribution in [1.29, 1.82) is 0 Å². The molecular formula is C20H17F2N3O. The van der Waals surface area contributed by atoms with E-state index in [-0.39, 0.29) is 5.56 Å². The second-order valence-corrected chi connectivity index (χ2v) is 5.83. The fourth-order valence-electron chi connectivity index (χ4n) is 2.45. The number of hydrogen-bond donors (Lipinski definition) is 2. The molecule has 0 spiro atoms. The Labute approximate surface area is 149 Å². The summed E-state index contributed by atoms with van der Waals surface area (Å²) in [5, 5.41) is 5.39. The van der Waals surface area contributed by atoms with Crippen molar-refractivity contribution < 1.29 is 13.6 Å². The number of rotatable bonds is 5. The van der Waals surface area contributed by atoms with E-state index in [4.69, 9.17) is 0 Å². The topological polar surface area (TPSA) is 54.0 Å². The Morgan fingerprint density at radius 1 is 1.04 bits per heavy atom. The molecular weight excluding hydrogens is 336 g/mol. The fraction of sp³-hybridized carbons (Fsp3) is 0.100. The minimum Gasteiger partial charge on any atom is -0.366 e. The van der Waals surface area contributed by atoms with Gasteiger partial charge in [-0.15, -0.1) is 0 Å². The average molecular weight is 353 g/mol. The molecule has 0 bridgehead atoms. The van der Waals surface area contributed by atoms with E-state index in [1.54, 1.807) is 12.1 Å². The number of nitrogens with zero attached hydrogens (tertiary/aromatic N) is 1. The molecule has 1 heterocycles. The number of anilines is 2. The molecule has 3 aromatic rings. The maximum Gasteiger partial charge on any atom is 0.257 e. The van der Waals surface area contributed by atoms with Crippen LogP contribution in [0.5, 0.6) is 0 Å². The number of pyridine rings is 1. The molecule has 0 fully saturated rings. The number of hydrogen-bond acceptors (Lipinski definition) is 3. The molecule has 2 aromatic carbocycles. The normalized spacial score (nSPS) is 10.4. The number of para-hydroxylation sites is 1. The van der Waals surface area contributed by atoms with Crippen molar-refractivity contribution in [3.63, 3.8) is 0 Å².